The minimum atomic E-state index is -0.126. The largest absolute Gasteiger partial charge is 0.369 e. The molecule has 0 saturated heterocycles. The van der Waals surface area contributed by atoms with Crippen molar-refractivity contribution in [2.75, 3.05) is 18.4 Å². The zero-order valence-corrected chi connectivity index (χ0v) is 12.4. The number of hydrogen-bond acceptors (Lipinski definition) is 4. The highest BCUT2D eigenvalue weighted by molar-refractivity contribution is 5.91. The lowest BCUT2D eigenvalue weighted by Gasteiger charge is -2.15. The van der Waals surface area contributed by atoms with Crippen molar-refractivity contribution in [1.82, 2.24) is 15.3 Å². The third kappa shape index (κ3) is 3.92. The van der Waals surface area contributed by atoms with Gasteiger partial charge in [0.15, 0.2) is 0 Å². The van der Waals surface area contributed by atoms with Crippen LogP contribution in [0.15, 0.2) is 12.4 Å². The molecule has 2 N–H and O–H groups in total. The number of aromatic nitrogens is 2. The van der Waals surface area contributed by atoms with Gasteiger partial charge in [0.25, 0.3) is 5.91 Å². The molecule has 110 valence electrons. The zero-order chi connectivity index (χ0) is 14.4. The first-order valence-electron chi connectivity index (χ1n) is 7.54. The maximum Gasteiger partial charge on any atom is 0.271 e. The van der Waals surface area contributed by atoms with Crippen molar-refractivity contribution in [3.05, 3.63) is 18.1 Å². The molecule has 5 heteroatoms. The quantitative estimate of drug-likeness (QED) is 0.837. The molecule has 1 aliphatic carbocycles. The van der Waals surface area contributed by atoms with Gasteiger partial charge in [0.05, 0.1) is 12.4 Å². The van der Waals surface area contributed by atoms with Crippen molar-refractivity contribution in [2.24, 2.45) is 11.8 Å². The van der Waals surface area contributed by atoms with Crippen LogP contribution in [0.4, 0.5) is 5.82 Å². The molecule has 1 fully saturated rings. The van der Waals surface area contributed by atoms with Gasteiger partial charge in [-0.3, -0.25) is 4.79 Å². The Kier molecular flexibility index (Phi) is 5.32. The Morgan fingerprint density at radius 2 is 2.20 bits per heavy atom. The summed E-state index contributed by atoms with van der Waals surface area (Å²) in [5, 5.41) is 6.11. The highest BCUT2D eigenvalue weighted by Crippen LogP contribution is 2.30. The normalized spacial score (nSPS) is 21.7. The fourth-order valence-corrected chi connectivity index (χ4v) is 2.63. The second kappa shape index (κ2) is 7.22. The lowest BCUT2D eigenvalue weighted by atomic mass is 9.98. The summed E-state index contributed by atoms with van der Waals surface area (Å²) in [6.45, 7) is 5.96. The topological polar surface area (TPSA) is 66.9 Å². The van der Waals surface area contributed by atoms with Crippen molar-refractivity contribution in [3.8, 4) is 0 Å². The molecule has 0 aromatic carbocycles. The van der Waals surface area contributed by atoms with Crippen molar-refractivity contribution in [3.63, 3.8) is 0 Å². The summed E-state index contributed by atoms with van der Waals surface area (Å²) in [6, 6.07) is 0. The molecule has 0 spiro atoms. The SMILES string of the molecule is CCCNc1cnc(C(=O)NCC2CCCC2C)cn1. The summed E-state index contributed by atoms with van der Waals surface area (Å²) in [4.78, 5) is 20.4. The molecule has 1 heterocycles. The minimum Gasteiger partial charge on any atom is -0.369 e. The van der Waals surface area contributed by atoms with Crippen LogP contribution in [0.2, 0.25) is 0 Å². The van der Waals surface area contributed by atoms with Crippen LogP contribution in [0.5, 0.6) is 0 Å². The second-order valence-electron chi connectivity index (χ2n) is 5.59. The van der Waals surface area contributed by atoms with E-state index in [2.05, 4.69) is 34.4 Å². The van der Waals surface area contributed by atoms with E-state index in [1.807, 2.05) is 0 Å². The summed E-state index contributed by atoms with van der Waals surface area (Å²) >= 11 is 0. The van der Waals surface area contributed by atoms with Gasteiger partial charge in [-0.25, -0.2) is 9.97 Å². The van der Waals surface area contributed by atoms with Crippen LogP contribution in [-0.4, -0.2) is 29.0 Å². The number of carbonyl (C=O) groups excluding carboxylic acids is 1. The van der Waals surface area contributed by atoms with Crippen LogP contribution < -0.4 is 10.6 Å². The van der Waals surface area contributed by atoms with Crippen LogP contribution in [0.3, 0.4) is 0 Å². The Morgan fingerprint density at radius 1 is 1.35 bits per heavy atom. The highest BCUT2D eigenvalue weighted by atomic mass is 16.1. The number of hydrogen-bond donors (Lipinski definition) is 2. The Labute approximate surface area is 120 Å². The first-order chi connectivity index (χ1) is 9.70. The molecule has 1 aromatic heterocycles. The highest BCUT2D eigenvalue weighted by Gasteiger charge is 2.23. The van der Waals surface area contributed by atoms with E-state index >= 15 is 0 Å². The van der Waals surface area contributed by atoms with E-state index in [-0.39, 0.29) is 5.91 Å². The van der Waals surface area contributed by atoms with Crippen molar-refractivity contribution < 1.29 is 4.79 Å². The number of amides is 1. The minimum absolute atomic E-state index is 0.126. The summed E-state index contributed by atoms with van der Waals surface area (Å²) in [6.07, 6.45) is 7.95. The van der Waals surface area contributed by atoms with Gasteiger partial charge in [-0.15, -0.1) is 0 Å². The third-order valence-electron chi connectivity index (χ3n) is 4.00. The predicted octanol–water partition coefficient (Wildman–Crippen LogP) is 2.46. The number of rotatable bonds is 6. The van der Waals surface area contributed by atoms with Gasteiger partial charge in [-0.05, 0) is 24.7 Å². The summed E-state index contributed by atoms with van der Waals surface area (Å²) in [5.74, 6) is 1.91. The molecule has 1 aliphatic rings. The molecule has 1 aromatic rings. The summed E-state index contributed by atoms with van der Waals surface area (Å²) in [5.41, 5.74) is 0.387. The average Bonchev–Trinajstić information content (AvgIpc) is 2.88. The molecule has 2 atom stereocenters. The standard InChI is InChI=1S/C15H24N4O/c1-3-7-16-14-10-17-13(9-18-14)15(20)19-8-12-6-4-5-11(12)2/h9-12H,3-8H2,1-2H3,(H,16,18)(H,19,20). The molecule has 1 amide bonds. The fourth-order valence-electron chi connectivity index (χ4n) is 2.63. The Bertz CT molecular complexity index is 432. The van der Waals surface area contributed by atoms with E-state index in [4.69, 9.17) is 0 Å². The smallest absolute Gasteiger partial charge is 0.271 e. The van der Waals surface area contributed by atoms with Crippen molar-refractivity contribution in [2.45, 2.75) is 39.5 Å². The molecule has 1 saturated carbocycles. The van der Waals surface area contributed by atoms with Crippen LogP contribution in [0, 0.1) is 11.8 Å². The van der Waals surface area contributed by atoms with Gasteiger partial charge in [-0.1, -0.05) is 26.7 Å². The number of nitrogens with one attached hydrogen (secondary N) is 2. The maximum absolute atomic E-state index is 12.0. The second-order valence-corrected chi connectivity index (χ2v) is 5.59. The van der Waals surface area contributed by atoms with Crippen LogP contribution in [-0.2, 0) is 0 Å². The van der Waals surface area contributed by atoms with Crippen molar-refractivity contribution >= 4 is 11.7 Å². The molecule has 2 rings (SSSR count). The number of carbonyl (C=O) groups is 1. The van der Waals surface area contributed by atoms with E-state index in [9.17, 15) is 4.79 Å². The first kappa shape index (κ1) is 14.8. The molecule has 0 aliphatic heterocycles. The zero-order valence-electron chi connectivity index (χ0n) is 12.4. The van der Waals surface area contributed by atoms with E-state index in [0.717, 1.165) is 19.5 Å². The number of nitrogens with zero attached hydrogens (tertiary/aromatic N) is 2. The van der Waals surface area contributed by atoms with Crippen LogP contribution >= 0.6 is 0 Å². The van der Waals surface area contributed by atoms with Crippen LogP contribution in [0.25, 0.3) is 0 Å². The fraction of sp³-hybridized carbons (Fsp3) is 0.667. The molecule has 2 unspecified atom stereocenters. The van der Waals surface area contributed by atoms with Crippen LogP contribution in [0.1, 0.15) is 50.0 Å². The Morgan fingerprint density at radius 3 is 2.80 bits per heavy atom. The van der Waals surface area contributed by atoms with E-state index in [1.54, 1.807) is 6.20 Å². The number of anilines is 1. The van der Waals surface area contributed by atoms with E-state index in [1.165, 1.54) is 25.5 Å². The van der Waals surface area contributed by atoms with Gasteiger partial charge in [0.2, 0.25) is 0 Å². The molecule has 0 radical (unpaired) electrons. The van der Waals surface area contributed by atoms with Crippen molar-refractivity contribution in [1.29, 1.82) is 0 Å². The molecule has 5 nitrogen and oxygen atoms in total. The average molecular weight is 276 g/mol. The molecular weight excluding hydrogens is 252 g/mol. The van der Waals surface area contributed by atoms with Gasteiger partial charge in [0.1, 0.15) is 11.5 Å². The maximum atomic E-state index is 12.0. The van der Waals surface area contributed by atoms with Gasteiger partial charge in [-0.2, -0.15) is 0 Å². The Hall–Kier alpha value is -1.65. The van der Waals surface area contributed by atoms with Gasteiger partial charge >= 0.3 is 0 Å². The lowest BCUT2D eigenvalue weighted by Crippen LogP contribution is -2.30. The molecular formula is C15H24N4O. The third-order valence-corrected chi connectivity index (χ3v) is 4.00. The summed E-state index contributed by atoms with van der Waals surface area (Å²) in [7, 11) is 0. The monoisotopic (exact) mass is 276 g/mol. The van der Waals surface area contributed by atoms with E-state index in [0.29, 0.717) is 23.3 Å². The molecule has 20 heavy (non-hydrogen) atoms. The first-order valence-corrected chi connectivity index (χ1v) is 7.54. The molecule has 0 bridgehead atoms. The summed E-state index contributed by atoms with van der Waals surface area (Å²) < 4.78 is 0. The Balaban J connectivity index is 1.82. The van der Waals surface area contributed by atoms with Gasteiger partial charge in [0, 0.05) is 13.1 Å². The predicted molar refractivity (Wildman–Crippen MR) is 79.7 cm³/mol. The van der Waals surface area contributed by atoms with E-state index < -0.39 is 0 Å². The van der Waals surface area contributed by atoms with Gasteiger partial charge < -0.3 is 10.6 Å². The lowest BCUT2D eigenvalue weighted by molar-refractivity contribution is 0.0939.